The Morgan fingerprint density at radius 1 is 1.19 bits per heavy atom. The van der Waals surface area contributed by atoms with Gasteiger partial charge in [0.25, 0.3) is 0 Å². The molecule has 27 heavy (non-hydrogen) atoms. The predicted octanol–water partition coefficient (Wildman–Crippen LogP) is 3.88. The van der Waals surface area contributed by atoms with Gasteiger partial charge >= 0.3 is 0 Å². The minimum atomic E-state index is -0.211. The molecule has 1 aliphatic rings. The maximum atomic E-state index is 9.82. The number of nitrogens with one attached hydrogen (secondary N) is 2. The van der Waals surface area contributed by atoms with Crippen LogP contribution in [-0.4, -0.2) is 53.9 Å². The molecule has 0 radical (unpaired) electrons. The standard InChI is InChI=1S/C16H31N3OS.C4H9NO/c1-3-7-14(10-13(2)17)16(18)20-15(12-21)11-19-8-5-4-6-9-19;1-2-3-4(5)6/h14-15,17-18,21H,3-12H2,1-2H3;2-3H2,1H3,(H2,5,6). The highest BCUT2D eigenvalue weighted by atomic mass is 32.1. The van der Waals surface area contributed by atoms with Gasteiger partial charge in [0.05, 0.1) is 0 Å². The molecule has 4 N–H and O–H groups in total. The van der Waals surface area contributed by atoms with Crippen LogP contribution in [0.4, 0.5) is 0 Å². The van der Waals surface area contributed by atoms with Crippen molar-refractivity contribution in [2.45, 2.75) is 78.2 Å². The third-order valence-corrected chi connectivity index (χ3v) is 4.87. The van der Waals surface area contributed by atoms with Gasteiger partial charge in [-0.15, -0.1) is 0 Å². The van der Waals surface area contributed by atoms with E-state index in [1.807, 2.05) is 6.92 Å². The zero-order valence-electron chi connectivity index (χ0n) is 17.4. The highest BCUT2D eigenvalue weighted by molar-refractivity contribution is 7.80. The lowest BCUT2D eigenvalue weighted by Gasteiger charge is -2.31. The number of primary amides is 1. The molecule has 158 valence electrons. The lowest BCUT2D eigenvalue weighted by Crippen LogP contribution is -2.40. The summed E-state index contributed by atoms with van der Waals surface area (Å²) in [4.78, 5) is 12.2. The van der Waals surface area contributed by atoms with Crippen molar-refractivity contribution in [2.24, 2.45) is 11.7 Å². The summed E-state index contributed by atoms with van der Waals surface area (Å²) in [6.45, 7) is 8.99. The Hall–Kier alpha value is -1.08. The maximum absolute atomic E-state index is 9.82. The molecule has 2 unspecified atom stereocenters. The molecule has 1 rings (SSSR count). The fraction of sp³-hybridized carbons (Fsp3) is 0.850. The number of hydrogen-bond donors (Lipinski definition) is 4. The molecule has 0 aliphatic carbocycles. The van der Waals surface area contributed by atoms with Gasteiger partial charge in [-0.05, 0) is 52.1 Å². The Balaban J connectivity index is 0.000000972. The minimum absolute atomic E-state index is 0.00988. The number of likely N-dealkylation sites (tertiary alicyclic amines) is 1. The summed E-state index contributed by atoms with van der Waals surface area (Å²) >= 11 is 4.39. The van der Waals surface area contributed by atoms with E-state index in [2.05, 4.69) is 24.5 Å². The van der Waals surface area contributed by atoms with Crippen LogP contribution >= 0.6 is 12.6 Å². The summed E-state index contributed by atoms with van der Waals surface area (Å²) in [6, 6.07) is 0. The second kappa shape index (κ2) is 15.9. The van der Waals surface area contributed by atoms with E-state index in [9.17, 15) is 4.79 Å². The van der Waals surface area contributed by atoms with Crippen molar-refractivity contribution in [3.8, 4) is 0 Å². The van der Waals surface area contributed by atoms with Crippen molar-refractivity contribution < 1.29 is 9.53 Å². The van der Waals surface area contributed by atoms with Crippen molar-refractivity contribution in [2.75, 3.05) is 25.4 Å². The molecule has 1 aliphatic heterocycles. The monoisotopic (exact) mass is 400 g/mol. The summed E-state index contributed by atoms with van der Waals surface area (Å²) in [5.41, 5.74) is 5.39. The number of ether oxygens (including phenoxy) is 1. The van der Waals surface area contributed by atoms with Crippen LogP contribution < -0.4 is 5.73 Å². The molecule has 1 amide bonds. The van der Waals surface area contributed by atoms with Gasteiger partial charge in [-0.3, -0.25) is 15.1 Å². The van der Waals surface area contributed by atoms with Crippen LogP contribution in [0.1, 0.15) is 72.1 Å². The first-order chi connectivity index (χ1) is 12.8. The van der Waals surface area contributed by atoms with Gasteiger partial charge in [-0.1, -0.05) is 26.7 Å². The number of carbonyl (C=O) groups excluding carboxylic acids is 1. The van der Waals surface area contributed by atoms with Gasteiger partial charge in [0.2, 0.25) is 5.91 Å². The molecule has 0 bridgehead atoms. The van der Waals surface area contributed by atoms with Crippen LogP contribution in [0.15, 0.2) is 0 Å². The van der Waals surface area contributed by atoms with E-state index in [1.54, 1.807) is 6.92 Å². The van der Waals surface area contributed by atoms with Crippen LogP contribution in [-0.2, 0) is 9.53 Å². The first kappa shape index (κ1) is 25.9. The van der Waals surface area contributed by atoms with Crippen LogP contribution in [0.3, 0.4) is 0 Å². The smallest absolute Gasteiger partial charge is 0.217 e. The van der Waals surface area contributed by atoms with Gasteiger partial charge in [-0.25, -0.2) is 0 Å². The van der Waals surface area contributed by atoms with E-state index in [4.69, 9.17) is 21.3 Å². The van der Waals surface area contributed by atoms with E-state index in [-0.39, 0.29) is 17.9 Å². The molecule has 0 spiro atoms. The van der Waals surface area contributed by atoms with E-state index in [0.29, 0.717) is 30.2 Å². The Morgan fingerprint density at radius 3 is 2.22 bits per heavy atom. The molecule has 2 atom stereocenters. The van der Waals surface area contributed by atoms with Crippen molar-refractivity contribution in [3.63, 3.8) is 0 Å². The van der Waals surface area contributed by atoms with Crippen LogP contribution in [0.25, 0.3) is 0 Å². The van der Waals surface area contributed by atoms with Gasteiger partial charge in [0.1, 0.15) is 6.10 Å². The fourth-order valence-electron chi connectivity index (χ4n) is 3.13. The minimum Gasteiger partial charge on any atom is -0.475 e. The largest absolute Gasteiger partial charge is 0.475 e. The lowest BCUT2D eigenvalue weighted by molar-refractivity contribution is -0.118. The molecule has 1 heterocycles. The number of hydrogen-bond acceptors (Lipinski definition) is 6. The van der Waals surface area contributed by atoms with Gasteiger partial charge in [0, 0.05) is 30.3 Å². The highest BCUT2D eigenvalue weighted by Gasteiger charge is 2.22. The SMILES string of the molecule is CCCC(CC(C)=N)C(=N)OC(CS)CN1CCCCC1.CCCC(N)=O. The lowest BCUT2D eigenvalue weighted by atomic mass is 9.97. The van der Waals surface area contributed by atoms with Crippen LogP contribution in [0.2, 0.25) is 0 Å². The van der Waals surface area contributed by atoms with Gasteiger partial charge in [0.15, 0.2) is 5.90 Å². The molecule has 6 nitrogen and oxygen atoms in total. The molecule has 1 fully saturated rings. The Kier molecular flexibility index (Phi) is 15.3. The number of rotatable bonds is 11. The molecule has 0 aromatic rings. The number of nitrogens with zero attached hydrogens (tertiary/aromatic N) is 1. The van der Waals surface area contributed by atoms with Gasteiger partial charge < -0.3 is 15.9 Å². The van der Waals surface area contributed by atoms with Crippen molar-refractivity contribution in [1.82, 2.24) is 4.90 Å². The molecular formula is C20H40N4O2S. The maximum Gasteiger partial charge on any atom is 0.217 e. The van der Waals surface area contributed by atoms with Crippen LogP contribution in [0.5, 0.6) is 0 Å². The normalized spacial score (nSPS) is 16.6. The molecule has 0 saturated carbocycles. The van der Waals surface area contributed by atoms with E-state index in [1.165, 1.54) is 19.3 Å². The fourth-order valence-corrected chi connectivity index (χ4v) is 3.32. The van der Waals surface area contributed by atoms with Crippen molar-refractivity contribution >= 4 is 30.1 Å². The summed E-state index contributed by atoms with van der Waals surface area (Å²) in [7, 11) is 0. The van der Waals surface area contributed by atoms with Crippen molar-refractivity contribution in [1.29, 1.82) is 10.8 Å². The molecule has 1 saturated heterocycles. The molecule has 7 heteroatoms. The quantitative estimate of drug-likeness (QED) is 0.240. The molecular weight excluding hydrogens is 360 g/mol. The van der Waals surface area contributed by atoms with E-state index in [0.717, 1.165) is 38.9 Å². The molecule has 0 aromatic heterocycles. The highest BCUT2D eigenvalue weighted by Crippen LogP contribution is 2.17. The predicted molar refractivity (Wildman–Crippen MR) is 117 cm³/mol. The summed E-state index contributed by atoms with van der Waals surface area (Å²) in [5.74, 6) is 0.828. The summed E-state index contributed by atoms with van der Waals surface area (Å²) < 4.78 is 5.89. The first-order valence-electron chi connectivity index (χ1n) is 10.2. The number of piperidine rings is 1. The number of amides is 1. The second-order valence-electron chi connectivity index (χ2n) is 7.33. The van der Waals surface area contributed by atoms with Crippen LogP contribution in [0, 0.1) is 16.7 Å². The first-order valence-corrected chi connectivity index (χ1v) is 10.9. The zero-order valence-corrected chi connectivity index (χ0v) is 18.3. The number of carbonyl (C=O) groups is 1. The van der Waals surface area contributed by atoms with E-state index >= 15 is 0 Å². The number of nitrogens with two attached hydrogens (primary N) is 1. The third-order valence-electron chi connectivity index (χ3n) is 4.46. The van der Waals surface area contributed by atoms with Gasteiger partial charge in [-0.2, -0.15) is 12.6 Å². The second-order valence-corrected chi connectivity index (χ2v) is 7.70. The average molecular weight is 401 g/mol. The average Bonchev–Trinajstić information content (AvgIpc) is 2.61. The summed E-state index contributed by atoms with van der Waals surface area (Å²) in [6.07, 6.45) is 7.79. The zero-order chi connectivity index (χ0) is 20.7. The van der Waals surface area contributed by atoms with Crippen molar-refractivity contribution in [3.05, 3.63) is 0 Å². The molecule has 0 aromatic carbocycles. The Labute approximate surface area is 171 Å². The topological polar surface area (TPSA) is 103 Å². The number of thiol groups is 1. The van der Waals surface area contributed by atoms with E-state index < -0.39 is 0 Å². The Bertz CT molecular complexity index is 440. The third kappa shape index (κ3) is 13.7. The Morgan fingerprint density at radius 2 is 1.81 bits per heavy atom. The summed E-state index contributed by atoms with van der Waals surface area (Å²) in [5, 5.41) is 15.9.